The van der Waals surface area contributed by atoms with Gasteiger partial charge in [-0.3, -0.25) is 0 Å². The van der Waals surface area contributed by atoms with E-state index in [2.05, 4.69) is 17.6 Å². The van der Waals surface area contributed by atoms with E-state index < -0.39 is 5.60 Å². The summed E-state index contributed by atoms with van der Waals surface area (Å²) in [6.45, 7) is 5.13. The highest BCUT2D eigenvalue weighted by atomic mass is 16.3. The van der Waals surface area contributed by atoms with Gasteiger partial charge in [-0.1, -0.05) is 6.92 Å². The largest absolute Gasteiger partial charge is 0.388 e. The summed E-state index contributed by atoms with van der Waals surface area (Å²) in [7, 11) is 0. The van der Waals surface area contributed by atoms with Crippen LogP contribution in [0.5, 0.6) is 0 Å². The molecule has 0 bridgehead atoms. The van der Waals surface area contributed by atoms with Crippen molar-refractivity contribution in [1.29, 1.82) is 0 Å². The van der Waals surface area contributed by atoms with Gasteiger partial charge in [-0.15, -0.1) is 0 Å². The third-order valence-electron chi connectivity index (χ3n) is 3.67. The molecule has 76 valence electrons. The fourth-order valence-electron chi connectivity index (χ4n) is 2.66. The van der Waals surface area contributed by atoms with E-state index in [1.807, 2.05) is 0 Å². The first kappa shape index (κ1) is 9.44. The Morgan fingerprint density at radius 3 is 2.85 bits per heavy atom. The Kier molecular flexibility index (Phi) is 2.58. The topological polar surface area (TPSA) is 44.3 Å². The number of hydrogen-bond acceptors (Lipinski definition) is 3. The molecule has 0 radical (unpaired) electrons. The molecule has 2 rings (SSSR count). The van der Waals surface area contributed by atoms with Crippen LogP contribution in [0, 0.1) is 5.92 Å². The molecule has 3 heteroatoms. The Morgan fingerprint density at radius 2 is 2.23 bits per heavy atom. The molecule has 0 saturated carbocycles. The van der Waals surface area contributed by atoms with Crippen LogP contribution in [0.2, 0.25) is 0 Å². The molecule has 3 N–H and O–H groups in total. The lowest BCUT2D eigenvalue weighted by molar-refractivity contribution is -0.0596. The summed E-state index contributed by atoms with van der Waals surface area (Å²) in [5, 5.41) is 17.3. The van der Waals surface area contributed by atoms with Crippen molar-refractivity contribution in [3.63, 3.8) is 0 Å². The summed E-state index contributed by atoms with van der Waals surface area (Å²) in [5.41, 5.74) is -0.457. The Labute approximate surface area is 79.9 Å². The van der Waals surface area contributed by atoms with Gasteiger partial charge in [0.2, 0.25) is 0 Å². The highest BCUT2D eigenvalue weighted by Crippen LogP contribution is 2.31. The van der Waals surface area contributed by atoms with E-state index in [0.717, 1.165) is 32.5 Å². The molecule has 2 aliphatic rings. The minimum atomic E-state index is -0.457. The quantitative estimate of drug-likeness (QED) is 0.541. The predicted octanol–water partition coefficient (Wildman–Crippen LogP) is 0.0989. The van der Waals surface area contributed by atoms with E-state index in [1.165, 1.54) is 6.42 Å². The summed E-state index contributed by atoms with van der Waals surface area (Å²) in [5.74, 6) is 0.372. The molecular formula is C10H20N2O. The maximum absolute atomic E-state index is 10.5. The van der Waals surface area contributed by atoms with Gasteiger partial charge in [-0.2, -0.15) is 0 Å². The smallest absolute Gasteiger partial charge is 0.0849 e. The summed E-state index contributed by atoms with van der Waals surface area (Å²) in [4.78, 5) is 0. The van der Waals surface area contributed by atoms with E-state index in [0.29, 0.717) is 12.0 Å². The maximum Gasteiger partial charge on any atom is 0.0849 e. The fourth-order valence-corrected chi connectivity index (χ4v) is 2.66. The van der Waals surface area contributed by atoms with Crippen molar-refractivity contribution in [3.05, 3.63) is 0 Å². The minimum Gasteiger partial charge on any atom is -0.388 e. The van der Waals surface area contributed by atoms with Crippen molar-refractivity contribution in [3.8, 4) is 0 Å². The molecule has 3 atom stereocenters. The van der Waals surface area contributed by atoms with Crippen LogP contribution in [0.15, 0.2) is 0 Å². The highest BCUT2D eigenvalue weighted by molar-refractivity contribution is 5.00. The van der Waals surface area contributed by atoms with Crippen molar-refractivity contribution in [2.75, 3.05) is 19.6 Å². The molecule has 2 saturated heterocycles. The molecule has 0 aromatic carbocycles. The van der Waals surface area contributed by atoms with Crippen molar-refractivity contribution in [2.45, 2.75) is 37.8 Å². The van der Waals surface area contributed by atoms with E-state index in [4.69, 9.17) is 0 Å². The summed E-state index contributed by atoms with van der Waals surface area (Å²) in [6, 6.07) is 0.338. The molecule has 0 amide bonds. The first-order valence-corrected chi connectivity index (χ1v) is 5.40. The summed E-state index contributed by atoms with van der Waals surface area (Å²) in [6.07, 6.45) is 3.25. The average Bonchev–Trinajstić information content (AvgIpc) is 2.63. The lowest BCUT2D eigenvalue weighted by atomic mass is 9.77. The summed E-state index contributed by atoms with van der Waals surface area (Å²) >= 11 is 0. The van der Waals surface area contributed by atoms with E-state index in [1.54, 1.807) is 0 Å². The zero-order valence-electron chi connectivity index (χ0n) is 8.34. The van der Waals surface area contributed by atoms with Crippen LogP contribution < -0.4 is 10.6 Å². The fraction of sp³-hybridized carbons (Fsp3) is 1.00. The number of piperidine rings is 1. The molecule has 0 aromatic rings. The van der Waals surface area contributed by atoms with Crippen LogP contribution in [0.25, 0.3) is 0 Å². The van der Waals surface area contributed by atoms with Crippen molar-refractivity contribution in [1.82, 2.24) is 10.6 Å². The third-order valence-corrected chi connectivity index (χ3v) is 3.67. The first-order valence-electron chi connectivity index (χ1n) is 5.40. The van der Waals surface area contributed by atoms with E-state index >= 15 is 0 Å². The normalized spacial score (nSPS) is 46.6. The zero-order chi connectivity index (χ0) is 9.31. The van der Waals surface area contributed by atoms with Gasteiger partial charge in [0.1, 0.15) is 0 Å². The van der Waals surface area contributed by atoms with Crippen molar-refractivity contribution in [2.24, 2.45) is 5.92 Å². The maximum atomic E-state index is 10.5. The Bertz CT molecular complexity index is 180. The third kappa shape index (κ3) is 1.60. The second kappa shape index (κ2) is 3.56. The molecule has 0 aromatic heterocycles. The van der Waals surface area contributed by atoms with Crippen LogP contribution in [0.3, 0.4) is 0 Å². The van der Waals surface area contributed by atoms with Crippen LogP contribution >= 0.6 is 0 Å². The molecule has 2 aliphatic heterocycles. The van der Waals surface area contributed by atoms with Crippen LogP contribution in [-0.2, 0) is 0 Å². The van der Waals surface area contributed by atoms with Gasteiger partial charge < -0.3 is 15.7 Å². The minimum absolute atomic E-state index is 0.338. The van der Waals surface area contributed by atoms with Gasteiger partial charge in [0.25, 0.3) is 0 Å². The van der Waals surface area contributed by atoms with E-state index in [9.17, 15) is 5.11 Å². The second-order valence-electron chi connectivity index (χ2n) is 4.50. The predicted molar refractivity (Wildman–Crippen MR) is 52.6 cm³/mol. The molecule has 2 fully saturated rings. The Hall–Kier alpha value is -0.120. The van der Waals surface area contributed by atoms with Gasteiger partial charge in [0, 0.05) is 12.6 Å². The lowest BCUT2D eigenvalue weighted by Gasteiger charge is -2.43. The Morgan fingerprint density at radius 1 is 1.38 bits per heavy atom. The lowest BCUT2D eigenvalue weighted by Crippen LogP contribution is -2.58. The molecule has 0 aliphatic carbocycles. The van der Waals surface area contributed by atoms with Crippen molar-refractivity contribution < 1.29 is 5.11 Å². The summed E-state index contributed by atoms with van der Waals surface area (Å²) < 4.78 is 0. The number of hydrogen-bond donors (Lipinski definition) is 3. The molecule has 13 heavy (non-hydrogen) atoms. The molecule has 3 nitrogen and oxygen atoms in total. The van der Waals surface area contributed by atoms with Crippen LogP contribution in [0.1, 0.15) is 26.2 Å². The van der Waals surface area contributed by atoms with Gasteiger partial charge in [-0.25, -0.2) is 0 Å². The Balaban J connectivity index is 2.06. The van der Waals surface area contributed by atoms with Crippen LogP contribution in [-0.4, -0.2) is 36.4 Å². The van der Waals surface area contributed by atoms with Crippen molar-refractivity contribution >= 4 is 0 Å². The molecule has 3 unspecified atom stereocenters. The number of rotatable bonds is 1. The highest BCUT2D eigenvalue weighted by Gasteiger charge is 2.43. The molecule has 0 spiro atoms. The van der Waals surface area contributed by atoms with E-state index in [-0.39, 0.29) is 0 Å². The SMILES string of the molecule is CC1CNCCC1(O)C1CCCN1. The zero-order valence-corrected chi connectivity index (χ0v) is 8.34. The number of nitrogens with one attached hydrogen (secondary N) is 2. The van der Waals surface area contributed by atoms with Gasteiger partial charge in [-0.05, 0) is 38.3 Å². The second-order valence-corrected chi connectivity index (χ2v) is 4.50. The van der Waals surface area contributed by atoms with Gasteiger partial charge >= 0.3 is 0 Å². The first-order chi connectivity index (χ1) is 6.23. The molecule has 2 heterocycles. The number of aliphatic hydroxyl groups is 1. The standard InChI is InChI=1S/C10H20N2O/c1-8-7-11-6-4-10(8,13)9-3-2-5-12-9/h8-9,11-13H,2-7H2,1H3. The monoisotopic (exact) mass is 184 g/mol. The molecular weight excluding hydrogens is 164 g/mol. The van der Waals surface area contributed by atoms with Gasteiger partial charge in [0.05, 0.1) is 5.60 Å². The average molecular weight is 184 g/mol. The van der Waals surface area contributed by atoms with Gasteiger partial charge in [0.15, 0.2) is 0 Å². The van der Waals surface area contributed by atoms with Crippen LogP contribution in [0.4, 0.5) is 0 Å².